The summed E-state index contributed by atoms with van der Waals surface area (Å²) >= 11 is 0. The van der Waals surface area contributed by atoms with E-state index < -0.39 is 5.41 Å². The number of carbonyl (C=O) groups excluding carboxylic acids is 1. The average molecular weight is 274 g/mol. The molecule has 0 saturated carbocycles. The zero-order chi connectivity index (χ0) is 14.9. The van der Waals surface area contributed by atoms with Crippen molar-refractivity contribution in [2.24, 2.45) is 5.41 Å². The van der Waals surface area contributed by atoms with Gasteiger partial charge in [0, 0.05) is 11.1 Å². The van der Waals surface area contributed by atoms with E-state index in [4.69, 9.17) is 0 Å². The molecule has 0 fully saturated rings. The van der Waals surface area contributed by atoms with Crippen LogP contribution in [-0.2, 0) is 6.54 Å². The zero-order valence-corrected chi connectivity index (χ0v) is 12.3. The fourth-order valence-corrected chi connectivity index (χ4v) is 2.00. The highest BCUT2D eigenvalue weighted by molar-refractivity contribution is 6.00. The number of nitrogens with zero attached hydrogens (tertiary/aromatic N) is 2. The topological polar surface area (TPSA) is 34.9 Å². The van der Waals surface area contributed by atoms with E-state index in [9.17, 15) is 9.18 Å². The van der Waals surface area contributed by atoms with E-state index in [1.165, 1.54) is 12.1 Å². The highest BCUT2D eigenvalue weighted by Crippen LogP contribution is 2.23. The van der Waals surface area contributed by atoms with Crippen molar-refractivity contribution < 1.29 is 9.18 Å². The Morgan fingerprint density at radius 2 is 1.85 bits per heavy atom. The molecule has 0 bridgehead atoms. The summed E-state index contributed by atoms with van der Waals surface area (Å²) in [6, 6.07) is 6.30. The van der Waals surface area contributed by atoms with Crippen molar-refractivity contribution >= 4 is 5.78 Å². The van der Waals surface area contributed by atoms with Crippen LogP contribution in [0.25, 0.3) is 0 Å². The first kappa shape index (κ1) is 14.4. The van der Waals surface area contributed by atoms with Crippen molar-refractivity contribution in [3.05, 3.63) is 53.1 Å². The van der Waals surface area contributed by atoms with Crippen LogP contribution >= 0.6 is 0 Å². The molecule has 1 heterocycles. The third-order valence-electron chi connectivity index (χ3n) is 3.27. The summed E-state index contributed by atoms with van der Waals surface area (Å²) in [7, 11) is 0. The van der Waals surface area contributed by atoms with Gasteiger partial charge in [0.15, 0.2) is 5.78 Å². The number of ketones is 1. The van der Waals surface area contributed by atoms with Crippen molar-refractivity contribution in [1.82, 2.24) is 9.78 Å². The van der Waals surface area contributed by atoms with Crippen molar-refractivity contribution in [3.63, 3.8) is 0 Å². The third kappa shape index (κ3) is 2.95. The molecule has 4 heteroatoms. The lowest BCUT2D eigenvalue weighted by atomic mass is 9.87. The van der Waals surface area contributed by atoms with E-state index in [1.54, 1.807) is 23.0 Å². The van der Waals surface area contributed by atoms with Gasteiger partial charge >= 0.3 is 0 Å². The second kappa shape index (κ2) is 5.19. The van der Waals surface area contributed by atoms with Gasteiger partial charge in [0.1, 0.15) is 5.82 Å². The average Bonchev–Trinajstić information content (AvgIpc) is 2.72. The van der Waals surface area contributed by atoms with Crippen molar-refractivity contribution in [2.45, 2.75) is 34.2 Å². The summed E-state index contributed by atoms with van der Waals surface area (Å²) in [5.41, 5.74) is 2.02. The Morgan fingerprint density at radius 3 is 2.40 bits per heavy atom. The Balaban J connectivity index is 2.25. The predicted octanol–water partition coefficient (Wildman–Crippen LogP) is 3.61. The first-order valence-corrected chi connectivity index (χ1v) is 6.60. The van der Waals surface area contributed by atoms with Crippen LogP contribution in [0.4, 0.5) is 4.39 Å². The smallest absolute Gasteiger partial charge is 0.171 e. The van der Waals surface area contributed by atoms with Crippen LogP contribution in [0.1, 0.15) is 42.4 Å². The van der Waals surface area contributed by atoms with Crippen LogP contribution in [0.2, 0.25) is 0 Å². The first-order valence-electron chi connectivity index (χ1n) is 6.60. The molecule has 0 spiro atoms. The standard InChI is InChI=1S/C16H19FN2O/c1-11-14(15(20)16(2,3)4)9-18-19(11)10-12-5-7-13(17)8-6-12/h5-9H,10H2,1-4H3. The molecule has 0 aliphatic rings. The van der Waals surface area contributed by atoms with Gasteiger partial charge in [-0.2, -0.15) is 5.10 Å². The van der Waals surface area contributed by atoms with E-state index in [-0.39, 0.29) is 11.6 Å². The Bertz CT molecular complexity index is 621. The normalized spacial score (nSPS) is 11.7. The number of rotatable bonds is 3. The second-order valence-corrected chi connectivity index (χ2v) is 6.01. The van der Waals surface area contributed by atoms with E-state index in [2.05, 4.69) is 5.10 Å². The third-order valence-corrected chi connectivity index (χ3v) is 3.27. The summed E-state index contributed by atoms with van der Waals surface area (Å²) < 4.78 is 14.6. The van der Waals surface area contributed by atoms with Crippen LogP contribution in [-0.4, -0.2) is 15.6 Å². The fraction of sp³-hybridized carbons (Fsp3) is 0.375. The molecular weight excluding hydrogens is 255 g/mol. The maximum atomic E-state index is 12.9. The molecule has 106 valence electrons. The molecule has 2 aromatic rings. The Hall–Kier alpha value is -1.97. The molecule has 1 aromatic heterocycles. The molecule has 0 aliphatic carbocycles. The number of hydrogen-bond donors (Lipinski definition) is 0. The molecule has 20 heavy (non-hydrogen) atoms. The summed E-state index contributed by atoms with van der Waals surface area (Å²) in [6.07, 6.45) is 1.62. The molecule has 0 atom stereocenters. The van der Waals surface area contributed by atoms with E-state index in [0.29, 0.717) is 12.1 Å². The maximum absolute atomic E-state index is 12.9. The fourth-order valence-electron chi connectivity index (χ4n) is 2.00. The molecule has 0 aliphatic heterocycles. The SMILES string of the molecule is Cc1c(C(=O)C(C)(C)C)cnn1Cc1ccc(F)cc1. The van der Waals surface area contributed by atoms with Crippen molar-refractivity contribution in [3.8, 4) is 0 Å². The minimum Gasteiger partial charge on any atom is -0.293 e. The van der Waals surface area contributed by atoms with Crippen molar-refractivity contribution in [1.29, 1.82) is 0 Å². The minimum absolute atomic E-state index is 0.0837. The number of carbonyl (C=O) groups is 1. The number of aromatic nitrogens is 2. The van der Waals surface area contributed by atoms with Crippen LogP contribution in [0.5, 0.6) is 0 Å². The minimum atomic E-state index is -0.422. The molecule has 0 radical (unpaired) electrons. The summed E-state index contributed by atoms with van der Waals surface area (Å²) in [5, 5.41) is 4.27. The van der Waals surface area contributed by atoms with Crippen LogP contribution < -0.4 is 0 Å². The lowest BCUT2D eigenvalue weighted by molar-refractivity contribution is 0.0857. The van der Waals surface area contributed by atoms with Gasteiger partial charge in [-0.25, -0.2) is 4.39 Å². The van der Waals surface area contributed by atoms with Gasteiger partial charge in [0.2, 0.25) is 0 Å². The molecule has 0 saturated heterocycles. The molecular formula is C16H19FN2O. The lowest BCUT2D eigenvalue weighted by Crippen LogP contribution is -2.20. The van der Waals surface area contributed by atoms with Gasteiger partial charge in [0.25, 0.3) is 0 Å². The van der Waals surface area contributed by atoms with Crippen molar-refractivity contribution in [2.75, 3.05) is 0 Å². The molecule has 3 nitrogen and oxygen atoms in total. The van der Waals surface area contributed by atoms with E-state index in [1.807, 2.05) is 27.7 Å². The predicted molar refractivity (Wildman–Crippen MR) is 76.3 cm³/mol. The van der Waals surface area contributed by atoms with Gasteiger partial charge < -0.3 is 0 Å². The summed E-state index contributed by atoms with van der Waals surface area (Å²) in [5.74, 6) is -0.171. The highest BCUT2D eigenvalue weighted by Gasteiger charge is 2.26. The van der Waals surface area contributed by atoms with Crippen LogP contribution in [0, 0.1) is 18.2 Å². The van der Waals surface area contributed by atoms with Gasteiger partial charge in [0.05, 0.1) is 18.3 Å². The number of hydrogen-bond acceptors (Lipinski definition) is 2. The number of Topliss-reactive ketones (excluding diaryl/α,β-unsaturated/α-hetero) is 1. The zero-order valence-electron chi connectivity index (χ0n) is 12.3. The molecule has 2 rings (SSSR count). The van der Waals surface area contributed by atoms with E-state index >= 15 is 0 Å². The van der Waals surface area contributed by atoms with Crippen LogP contribution in [0.15, 0.2) is 30.5 Å². The highest BCUT2D eigenvalue weighted by atomic mass is 19.1. The Labute approximate surface area is 118 Å². The number of benzene rings is 1. The summed E-state index contributed by atoms with van der Waals surface area (Å²) in [6.45, 7) is 8.10. The van der Waals surface area contributed by atoms with Crippen LogP contribution in [0.3, 0.4) is 0 Å². The Kier molecular flexibility index (Phi) is 3.75. The van der Waals surface area contributed by atoms with Gasteiger partial charge in [-0.05, 0) is 24.6 Å². The molecule has 1 aromatic carbocycles. The van der Waals surface area contributed by atoms with Gasteiger partial charge in [-0.3, -0.25) is 9.48 Å². The monoisotopic (exact) mass is 274 g/mol. The largest absolute Gasteiger partial charge is 0.293 e. The molecule has 0 amide bonds. The van der Waals surface area contributed by atoms with E-state index in [0.717, 1.165) is 11.3 Å². The second-order valence-electron chi connectivity index (χ2n) is 6.01. The quantitative estimate of drug-likeness (QED) is 0.801. The molecule has 0 N–H and O–H groups in total. The first-order chi connectivity index (χ1) is 9.29. The van der Waals surface area contributed by atoms with Gasteiger partial charge in [-0.1, -0.05) is 32.9 Å². The van der Waals surface area contributed by atoms with Gasteiger partial charge in [-0.15, -0.1) is 0 Å². The number of halogens is 1. The Morgan fingerprint density at radius 1 is 1.25 bits per heavy atom. The molecule has 0 unspecified atom stereocenters. The lowest BCUT2D eigenvalue weighted by Gasteiger charge is -2.16. The maximum Gasteiger partial charge on any atom is 0.171 e. The summed E-state index contributed by atoms with van der Waals surface area (Å²) in [4.78, 5) is 12.3.